The summed E-state index contributed by atoms with van der Waals surface area (Å²) in [6.07, 6.45) is 4.04. The number of ketones is 1. The molecule has 4 aromatic heterocycles. The van der Waals surface area contributed by atoms with E-state index >= 15 is 0 Å². The molecule has 4 aliphatic carbocycles. The van der Waals surface area contributed by atoms with Crippen LogP contribution < -0.4 is 0 Å². The zero-order chi connectivity index (χ0) is 42.3. The molecule has 4 heterocycles. The molecule has 0 N–H and O–H groups in total. The van der Waals surface area contributed by atoms with Crippen molar-refractivity contribution in [2.45, 2.75) is 143 Å². The number of rotatable bonds is 0. The van der Waals surface area contributed by atoms with Crippen molar-refractivity contribution in [2.75, 3.05) is 0 Å². The summed E-state index contributed by atoms with van der Waals surface area (Å²) < 4.78 is 5.02. The Bertz CT molecular complexity index is 3510. The number of carbonyl (C=O) groups is 1. The van der Waals surface area contributed by atoms with E-state index in [2.05, 4.69) is 159 Å². The number of carbonyl (C=O) groups excluding carboxylic acids is 1. The first-order chi connectivity index (χ1) is 28.0. The molecule has 1 unspecified atom stereocenters. The number of nitriles is 1. The van der Waals surface area contributed by atoms with Gasteiger partial charge in [-0.15, -0.1) is 0 Å². The molecule has 302 valence electrons. The maximum Gasteiger partial charge on any atom is 0.169 e. The van der Waals surface area contributed by atoms with Crippen molar-refractivity contribution in [1.29, 1.82) is 5.26 Å². The Balaban J connectivity index is 1.29. The Kier molecular flexibility index (Phi) is 6.41. The van der Waals surface area contributed by atoms with Gasteiger partial charge in [0.2, 0.25) is 0 Å². The van der Waals surface area contributed by atoms with Gasteiger partial charge in [-0.2, -0.15) is 5.26 Å². The van der Waals surface area contributed by atoms with E-state index in [4.69, 9.17) is 0 Å². The average Bonchev–Trinajstić information content (AvgIpc) is 3.91. The second kappa shape index (κ2) is 10.5. The number of aromatic nitrogens is 2. The Labute approximate surface area is 353 Å². The van der Waals surface area contributed by atoms with Crippen LogP contribution in [0.1, 0.15) is 165 Å². The molecule has 4 aliphatic rings. The highest BCUT2D eigenvalue weighted by Crippen LogP contribution is 2.62. The molecule has 1 fully saturated rings. The molecular weight excluding hydrogens is 731 g/mol. The van der Waals surface area contributed by atoms with Crippen molar-refractivity contribution in [3.8, 4) is 6.07 Å². The highest BCUT2D eigenvalue weighted by Gasteiger charge is 2.53. The van der Waals surface area contributed by atoms with E-state index in [9.17, 15) is 10.1 Å². The van der Waals surface area contributed by atoms with E-state index in [0.29, 0.717) is 5.78 Å². The van der Waals surface area contributed by atoms with Crippen molar-refractivity contribution >= 4 is 82.0 Å². The molecule has 0 saturated heterocycles. The molecule has 1 saturated carbocycles. The fourth-order valence-electron chi connectivity index (χ4n) is 13.0. The third-order valence-electron chi connectivity index (χ3n) is 17.9. The summed E-state index contributed by atoms with van der Waals surface area (Å²) in [6.45, 7) is 30.5. The predicted molar refractivity (Wildman–Crippen MR) is 251 cm³/mol. The van der Waals surface area contributed by atoms with Crippen LogP contribution in [-0.4, -0.2) is 14.6 Å². The highest BCUT2D eigenvalue weighted by atomic mass is 16.1. The van der Waals surface area contributed by atoms with E-state index in [1.165, 1.54) is 93.0 Å². The largest absolute Gasteiger partial charge is 0.308 e. The topological polar surface area (TPSA) is 49.7 Å². The Hall–Kier alpha value is -5.14. The summed E-state index contributed by atoms with van der Waals surface area (Å²) in [4.78, 5) is 14.6. The second-order valence-electron chi connectivity index (χ2n) is 23.5. The lowest BCUT2D eigenvalue weighted by Crippen LogP contribution is -2.34. The van der Waals surface area contributed by atoms with Crippen LogP contribution in [0.25, 0.3) is 76.2 Å². The van der Waals surface area contributed by atoms with Crippen molar-refractivity contribution in [1.82, 2.24) is 8.80 Å². The van der Waals surface area contributed by atoms with Gasteiger partial charge in [0, 0.05) is 54.1 Å². The Morgan fingerprint density at radius 1 is 0.600 bits per heavy atom. The van der Waals surface area contributed by atoms with Crippen LogP contribution in [0.4, 0.5) is 0 Å². The van der Waals surface area contributed by atoms with Crippen LogP contribution in [0.3, 0.4) is 0 Å². The molecule has 0 aliphatic heterocycles. The van der Waals surface area contributed by atoms with Crippen LogP contribution in [0.2, 0.25) is 0 Å². The van der Waals surface area contributed by atoms with Gasteiger partial charge in [0.25, 0.3) is 0 Å². The number of hydrogen-bond acceptors (Lipinski definition) is 2. The SMILES string of the molecule is CC1c2c(c(C#N)cc3c2c2cc(C(C)(C)C)cc4c5cc6c(cc5n3c42)c2cc(C(C)(C)C)cc3c4cc5c(cc4n6c32)C(=O)C2(C)CCC5(C)CC2)C(C)(C)C1(C)C. The van der Waals surface area contributed by atoms with Gasteiger partial charge in [0.05, 0.1) is 44.7 Å². The third-order valence-corrected chi connectivity index (χ3v) is 17.9. The van der Waals surface area contributed by atoms with Gasteiger partial charge in [-0.05, 0) is 141 Å². The molecule has 0 radical (unpaired) electrons. The molecule has 5 aromatic carbocycles. The van der Waals surface area contributed by atoms with Crippen LogP contribution >= 0.6 is 0 Å². The molecule has 1 atom stereocenters. The number of nitrogens with zero attached hydrogens (tertiary/aromatic N) is 3. The highest BCUT2D eigenvalue weighted by molar-refractivity contribution is 6.30. The summed E-state index contributed by atoms with van der Waals surface area (Å²) in [5.74, 6) is 0.603. The van der Waals surface area contributed by atoms with Gasteiger partial charge < -0.3 is 8.80 Å². The zero-order valence-corrected chi connectivity index (χ0v) is 37.9. The first-order valence-corrected chi connectivity index (χ1v) is 22.5. The van der Waals surface area contributed by atoms with Gasteiger partial charge in [-0.25, -0.2) is 0 Å². The van der Waals surface area contributed by atoms with Crippen LogP contribution in [0, 0.1) is 22.2 Å². The fraction of sp³-hybridized carbons (Fsp3) is 0.429. The molecule has 4 heteroatoms. The standard InChI is InChI=1S/C56H57N3O/c1-28-45-46-39-22-31(52(5,6)7)21-37-34-24-41-33(25-42(34)59(49(37)39)44(46)18-29(27-57)47(45)54(10,11)53(28,8)9)36-20-30(51(2,3)4)19-35-32-23-40-38(26-43(32)58(41)48(35)36)50(60)56(13)16-14-55(40,12)15-17-56/h18-26,28H,14-17H2,1-13H3. The summed E-state index contributed by atoms with van der Waals surface area (Å²) in [5, 5.41) is 21.1. The average molecular weight is 788 g/mol. The van der Waals surface area contributed by atoms with Gasteiger partial charge in [-0.1, -0.05) is 90.0 Å². The minimum atomic E-state index is -0.298. The minimum absolute atomic E-state index is 0.00541. The van der Waals surface area contributed by atoms with E-state index in [-0.39, 0.29) is 38.4 Å². The van der Waals surface area contributed by atoms with Crippen molar-refractivity contribution < 1.29 is 4.79 Å². The summed E-state index contributed by atoms with van der Waals surface area (Å²) in [5.41, 5.74) is 14.8. The zero-order valence-electron chi connectivity index (χ0n) is 37.9. The lowest BCUT2D eigenvalue weighted by atomic mass is 9.65. The van der Waals surface area contributed by atoms with Crippen LogP contribution in [0.15, 0.2) is 54.6 Å². The van der Waals surface area contributed by atoms with E-state index in [1.807, 2.05) is 0 Å². The van der Waals surface area contributed by atoms with Crippen LogP contribution in [-0.2, 0) is 21.7 Å². The normalized spacial score (nSPS) is 24.1. The summed E-state index contributed by atoms with van der Waals surface area (Å²) in [6, 6.07) is 24.4. The monoisotopic (exact) mass is 787 g/mol. The molecule has 0 spiro atoms. The smallest absolute Gasteiger partial charge is 0.169 e. The first-order valence-electron chi connectivity index (χ1n) is 22.5. The van der Waals surface area contributed by atoms with Crippen molar-refractivity contribution in [3.63, 3.8) is 0 Å². The minimum Gasteiger partial charge on any atom is -0.308 e. The second-order valence-corrected chi connectivity index (χ2v) is 23.5. The van der Waals surface area contributed by atoms with Crippen molar-refractivity contribution in [3.05, 3.63) is 93.5 Å². The fourth-order valence-corrected chi connectivity index (χ4v) is 13.0. The van der Waals surface area contributed by atoms with Crippen molar-refractivity contribution in [2.24, 2.45) is 10.8 Å². The van der Waals surface area contributed by atoms with Gasteiger partial charge in [-0.3, -0.25) is 4.79 Å². The van der Waals surface area contributed by atoms with Crippen LogP contribution in [0.5, 0.6) is 0 Å². The molecule has 4 nitrogen and oxygen atoms in total. The Morgan fingerprint density at radius 2 is 1.07 bits per heavy atom. The molecule has 9 aromatic rings. The third kappa shape index (κ3) is 4.03. The molecule has 60 heavy (non-hydrogen) atoms. The molecule has 13 rings (SSSR count). The maximum atomic E-state index is 14.6. The van der Waals surface area contributed by atoms with Gasteiger partial charge in [0.15, 0.2) is 5.78 Å². The maximum absolute atomic E-state index is 14.6. The molecule has 2 bridgehead atoms. The molecule has 0 amide bonds. The quantitative estimate of drug-likeness (QED) is 0.154. The van der Waals surface area contributed by atoms with Gasteiger partial charge in [0.1, 0.15) is 0 Å². The van der Waals surface area contributed by atoms with E-state index < -0.39 is 0 Å². The number of hydrogen-bond donors (Lipinski definition) is 0. The summed E-state index contributed by atoms with van der Waals surface area (Å²) in [7, 11) is 0. The predicted octanol–water partition coefficient (Wildman–Crippen LogP) is 14.9. The number of Topliss-reactive ketones (excluding diaryl/α,β-unsaturated/α-hetero) is 1. The Morgan fingerprint density at radius 3 is 1.60 bits per heavy atom. The number of benzene rings is 5. The van der Waals surface area contributed by atoms with E-state index in [0.717, 1.165) is 47.8 Å². The van der Waals surface area contributed by atoms with E-state index in [1.54, 1.807) is 0 Å². The summed E-state index contributed by atoms with van der Waals surface area (Å²) >= 11 is 0. The molecular formula is C56H57N3O. The number of fused-ring (bicyclic) bond motifs is 16. The lowest BCUT2D eigenvalue weighted by molar-refractivity contribution is 0.0732. The van der Waals surface area contributed by atoms with Gasteiger partial charge >= 0.3 is 0 Å². The lowest BCUT2D eigenvalue weighted by Gasteiger charge is -2.38. The first kappa shape index (κ1) is 36.7.